The van der Waals surface area contributed by atoms with Crippen LogP contribution in [-0.4, -0.2) is 36.1 Å². The molecule has 122 valence electrons. The van der Waals surface area contributed by atoms with Gasteiger partial charge in [0.05, 0.1) is 16.2 Å². The summed E-state index contributed by atoms with van der Waals surface area (Å²) in [5.41, 5.74) is 0. The molecule has 2 bridgehead atoms. The second-order valence-electron chi connectivity index (χ2n) is 5.74. The average Bonchev–Trinajstić information content (AvgIpc) is 3.32. The number of hydrogen-bond acceptors (Lipinski definition) is 7. The lowest BCUT2D eigenvalue weighted by Gasteiger charge is -2.20. The highest BCUT2D eigenvalue weighted by atomic mass is 32.2. The smallest absolute Gasteiger partial charge is 0.264 e. The molecule has 0 aliphatic carbocycles. The number of carbonyl (C=O) groups excluding carboxylic acids is 1. The van der Waals surface area contributed by atoms with Crippen LogP contribution in [0.1, 0.15) is 28.9 Å². The molecule has 2 fully saturated rings. The van der Waals surface area contributed by atoms with Crippen molar-refractivity contribution in [1.29, 1.82) is 0 Å². The van der Waals surface area contributed by atoms with Gasteiger partial charge in [0.1, 0.15) is 0 Å². The first-order valence-electron chi connectivity index (χ1n) is 7.55. The van der Waals surface area contributed by atoms with E-state index in [1.54, 1.807) is 7.11 Å². The number of carbonyl (C=O) groups is 1. The molecular formula is C15H17N3O3S2. The summed E-state index contributed by atoms with van der Waals surface area (Å²) in [6.45, 7) is 0. The summed E-state index contributed by atoms with van der Waals surface area (Å²) < 4.78 is 11.2. The van der Waals surface area contributed by atoms with E-state index >= 15 is 0 Å². The second-order valence-corrected chi connectivity index (χ2v) is 8.07. The normalized spacial score (nSPS) is 25.7. The van der Waals surface area contributed by atoms with Crippen molar-refractivity contribution in [3.63, 3.8) is 0 Å². The molecule has 2 saturated heterocycles. The average molecular weight is 351 g/mol. The van der Waals surface area contributed by atoms with Crippen LogP contribution in [0, 0.1) is 0 Å². The number of nitrogens with zero attached hydrogens (tertiary/aromatic N) is 1. The number of nitrogens with one attached hydrogen (secondary N) is 2. The number of oxazole rings is 1. The number of ether oxygens (including phenoxy) is 1. The van der Waals surface area contributed by atoms with E-state index in [2.05, 4.69) is 15.6 Å². The largest absolute Gasteiger partial charge is 0.479 e. The Hall–Kier alpha value is -1.51. The quantitative estimate of drug-likeness (QED) is 0.862. The number of aromatic nitrogens is 1. The van der Waals surface area contributed by atoms with E-state index in [0.717, 1.165) is 17.1 Å². The maximum absolute atomic E-state index is 12.4. The fraction of sp³-hybridized carbons (Fsp3) is 0.467. The van der Waals surface area contributed by atoms with Gasteiger partial charge >= 0.3 is 0 Å². The van der Waals surface area contributed by atoms with Gasteiger partial charge in [-0.15, -0.1) is 11.3 Å². The molecule has 0 saturated carbocycles. The van der Waals surface area contributed by atoms with Crippen molar-refractivity contribution in [2.45, 2.75) is 46.8 Å². The van der Waals surface area contributed by atoms with Crippen LogP contribution in [-0.2, 0) is 0 Å². The molecule has 2 aliphatic heterocycles. The van der Waals surface area contributed by atoms with Gasteiger partial charge in [0.15, 0.2) is 6.26 Å². The summed E-state index contributed by atoms with van der Waals surface area (Å²) >= 11 is 2.83. The van der Waals surface area contributed by atoms with E-state index in [0.29, 0.717) is 28.1 Å². The van der Waals surface area contributed by atoms with E-state index in [1.165, 1.54) is 35.8 Å². The number of methoxy groups -OCH3 is 1. The number of thiophene rings is 1. The number of fused-ring (bicyclic) bond motifs is 2. The van der Waals surface area contributed by atoms with Crippen molar-refractivity contribution in [2.24, 2.45) is 0 Å². The predicted octanol–water partition coefficient (Wildman–Crippen LogP) is 2.52. The highest BCUT2D eigenvalue weighted by Gasteiger charge is 2.39. The number of rotatable bonds is 5. The molecule has 1 amide bonds. The van der Waals surface area contributed by atoms with E-state index in [9.17, 15) is 4.79 Å². The zero-order chi connectivity index (χ0) is 15.8. The third-order valence-electron chi connectivity index (χ3n) is 4.28. The monoisotopic (exact) mass is 351 g/mol. The predicted molar refractivity (Wildman–Crippen MR) is 87.3 cm³/mol. The molecule has 2 N–H and O–H groups in total. The Morgan fingerprint density at radius 3 is 3.13 bits per heavy atom. The highest BCUT2D eigenvalue weighted by Crippen LogP contribution is 2.34. The molecule has 0 unspecified atom stereocenters. The third kappa shape index (κ3) is 3.11. The summed E-state index contributed by atoms with van der Waals surface area (Å²) in [6.07, 6.45) is 4.90. The molecule has 6 nitrogen and oxygen atoms in total. The first-order valence-corrected chi connectivity index (χ1v) is 9.18. The minimum atomic E-state index is 0.00573. The summed E-state index contributed by atoms with van der Waals surface area (Å²) in [7, 11) is 1.55. The molecule has 2 aromatic rings. The topological polar surface area (TPSA) is 76.4 Å². The Labute approximate surface area is 142 Å². The van der Waals surface area contributed by atoms with Gasteiger partial charge in [-0.3, -0.25) is 4.79 Å². The molecule has 2 aromatic heterocycles. The Bertz CT molecular complexity index is 714. The minimum absolute atomic E-state index is 0.00573. The van der Waals surface area contributed by atoms with Crippen LogP contribution in [0.3, 0.4) is 0 Å². The Kier molecular flexibility index (Phi) is 4.04. The molecule has 4 heterocycles. The van der Waals surface area contributed by atoms with Gasteiger partial charge in [-0.1, -0.05) is 0 Å². The Morgan fingerprint density at radius 2 is 2.43 bits per heavy atom. The maximum atomic E-state index is 12.4. The van der Waals surface area contributed by atoms with Crippen molar-refractivity contribution >= 4 is 29.0 Å². The van der Waals surface area contributed by atoms with Crippen LogP contribution >= 0.6 is 23.1 Å². The standard InChI is InChI=1S/C15H17N3O3S2/c1-20-12-7-21-15(18-12)23-13-5-4-11(22-13)14(19)17-10-6-8-2-3-9(10)16-8/h4-5,7-10,16H,2-3,6H2,1H3,(H,17,19)/t8-,9+,10-/m1/s1. The maximum Gasteiger partial charge on any atom is 0.264 e. The van der Waals surface area contributed by atoms with Gasteiger partial charge in [0.2, 0.25) is 0 Å². The molecule has 0 spiro atoms. The minimum Gasteiger partial charge on any atom is -0.479 e. The lowest BCUT2D eigenvalue weighted by molar-refractivity contribution is 0.0935. The van der Waals surface area contributed by atoms with Gasteiger partial charge in [-0.05, 0) is 43.2 Å². The van der Waals surface area contributed by atoms with E-state index in [4.69, 9.17) is 9.15 Å². The van der Waals surface area contributed by atoms with Crippen molar-refractivity contribution in [3.8, 4) is 5.88 Å². The molecule has 0 aromatic carbocycles. The van der Waals surface area contributed by atoms with Crippen LogP contribution in [0.15, 0.2) is 32.2 Å². The SMILES string of the molecule is COc1coc(Sc2ccc(C(=O)N[C@@H]3C[C@H]4CC[C@@H]3N4)s2)n1. The van der Waals surface area contributed by atoms with Crippen molar-refractivity contribution < 1.29 is 13.9 Å². The van der Waals surface area contributed by atoms with Gasteiger partial charge < -0.3 is 19.8 Å². The van der Waals surface area contributed by atoms with Crippen LogP contribution in [0.4, 0.5) is 0 Å². The van der Waals surface area contributed by atoms with Crippen molar-refractivity contribution in [2.75, 3.05) is 7.11 Å². The summed E-state index contributed by atoms with van der Waals surface area (Å²) in [6, 6.07) is 5.05. The van der Waals surface area contributed by atoms with Gasteiger partial charge in [-0.2, -0.15) is 4.98 Å². The lowest BCUT2D eigenvalue weighted by atomic mass is 9.95. The Balaban J connectivity index is 1.38. The summed E-state index contributed by atoms with van der Waals surface area (Å²) in [5.74, 6) is 0.456. The molecule has 3 atom stereocenters. The van der Waals surface area contributed by atoms with Crippen molar-refractivity contribution in [1.82, 2.24) is 15.6 Å². The Morgan fingerprint density at radius 1 is 1.52 bits per heavy atom. The van der Waals surface area contributed by atoms with Crippen LogP contribution in [0.25, 0.3) is 0 Å². The molecule has 23 heavy (non-hydrogen) atoms. The fourth-order valence-electron chi connectivity index (χ4n) is 3.19. The number of hydrogen-bond donors (Lipinski definition) is 2. The fourth-order valence-corrected chi connectivity index (χ4v) is 5.02. The molecular weight excluding hydrogens is 334 g/mol. The van der Waals surface area contributed by atoms with Crippen molar-refractivity contribution in [3.05, 3.63) is 23.3 Å². The third-order valence-corrected chi connectivity index (χ3v) is 6.36. The highest BCUT2D eigenvalue weighted by molar-refractivity contribution is 8.01. The van der Waals surface area contributed by atoms with Gasteiger partial charge in [0, 0.05) is 18.1 Å². The van der Waals surface area contributed by atoms with Crippen LogP contribution in [0.2, 0.25) is 0 Å². The lowest BCUT2D eigenvalue weighted by Crippen LogP contribution is -2.42. The van der Waals surface area contributed by atoms with Crippen LogP contribution in [0.5, 0.6) is 5.88 Å². The second kappa shape index (κ2) is 6.18. The molecule has 2 aliphatic rings. The first kappa shape index (κ1) is 15.0. The van der Waals surface area contributed by atoms with E-state index < -0.39 is 0 Å². The molecule has 8 heteroatoms. The van der Waals surface area contributed by atoms with Gasteiger partial charge in [-0.25, -0.2) is 0 Å². The first-order chi connectivity index (χ1) is 11.2. The van der Waals surface area contributed by atoms with Gasteiger partial charge in [0.25, 0.3) is 17.0 Å². The zero-order valence-corrected chi connectivity index (χ0v) is 14.2. The summed E-state index contributed by atoms with van der Waals surface area (Å²) in [5, 5.41) is 7.20. The number of amides is 1. The van der Waals surface area contributed by atoms with Crippen LogP contribution < -0.4 is 15.4 Å². The van der Waals surface area contributed by atoms with E-state index in [1.807, 2.05) is 12.1 Å². The molecule has 4 rings (SSSR count). The summed E-state index contributed by atoms with van der Waals surface area (Å²) in [4.78, 5) is 17.3. The zero-order valence-electron chi connectivity index (χ0n) is 12.6. The molecule has 0 radical (unpaired) electrons. The van der Waals surface area contributed by atoms with E-state index in [-0.39, 0.29) is 11.9 Å².